The maximum absolute atomic E-state index is 2.57. The molecule has 1 heterocycles. The first kappa shape index (κ1) is 11.1. The second-order valence-corrected chi connectivity index (χ2v) is 6.03. The summed E-state index contributed by atoms with van der Waals surface area (Å²) in [5.74, 6) is 0. The van der Waals surface area contributed by atoms with E-state index >= 15 is 0 Å². The molecule has 1 aromatic carbocycles. The highest BCUT2D eigenvalue weighted by Gasteiger charge is 2.36. The minimum Gasteiger partial charge on any atom is -0.371 e. The Kier molecular flexibility index (Phi) is 2.85. The summed E-state index contributed by atoms with van der Waals surface area (Å²) in [6, 6.07) is 9.02. The third-order valence-corrected chi connectivity index (χ3v) is 4.89. The zero-order valence-electron chi connectivity index (χ0n) is 10.9. The van der Waals surface area contributed by atoms with Gasteiger partial charge in [0.15, 0.2) is 0 Å². The van der Waals surface area contributed by atoms with E-state index in [2.05, 4.69) is 36.1 Å². The van der Waals surface area contributed by atoms with Gasteiger partial charge in [-0.3, -0.25) is 0 Å². The third kappa shape index (κ3) is 2.20. The molecular formula is C16H23N. The van der Waals surface area contributed by atoms with Crippen molar-refractivity contribution >= 4 is 5.69 Å². The van der Waals surface area contributed by atoms with Crippen molar-refractivity contribution in [3.8, 4) is 0 Å². The van der Waals surface area contributed by atoms with E-state index in [0.717, 1.165) is 5.41 Å². The van der Waals surface area contributed by atoms with Crippen LogP contribution in [0.2, 0.25) is 0 Å². The fraction of sp³-hybridized carbons (Fsp3) is 0.625. The van der Waals surface area contributed by atoms with Crippen LogP contribution in [0.3, 0.4) is 0 Å². The summed E-state index contributed by atoms with van der Waals surface area (Å²) < 4.78 is 0. The van der Waals surface area contributed by atoms with E-state index in [1.54, 1.807) is 0 Å². The van der Waals surface area contributed by atoms with E-state index in [-0.39, 0.29) is 0 Å². The van der Waals surface area contributed by atoms with Crippen LogP contribution in [0.1, 0.15) is 44.1 Å². The van der Waals surface area contributed by atoms with E-state index in [0.29, 0.717) is 0 Å². The van der Waals surface area contributed by atoms with Crippen LogP contribution in [0.5, 0.6) is 0 Å². The molecule has 0 atom stereocenters. The van der Waals surface area contributed by atoms with Crippen LogP contribution in [0, 0.1) is 12.3 Å². The lowest BCUT2D eigenvalue weighted by molar-refractivity contribution is 0.226. The molecule has 0 aromatic heterocycles. The van der Waals surface area contributed by atoms with Gasteiger partial charge in [0.2, 0.25) is 0 Å². The van der Waals surface area contributed by atoms with Crippen molar-refractivity contribution in [3.63, 3.8) is 0 Å². The Morgan fingerprint density at radius 3 is 2.06 bits per heavy atom. The van der Waals surface area contributed by atoms with Crippen molar-refractivity contribution in [1.29, 1.82) is 0 Å². The predicted molar refractivity (Wildman–Crippen MR) is 73.5 cm³/mol. The van der Waals surface area contributed by atoms with Crippen LogP contribution in [0.25, 0.3) is 0 Å². The summed E-state index contributed by atoms with van der Waals surface area (Å²) in [4.78, 5) is 2.57. The SMILES string of the molecule is Cc1ccc(N2CCC3(CCCC3)CC2)cc1. The molecule has 1 nitrogen and oxygen atoms in total. The number of hydrogen-bond acceptors (Lipinski definition) is 1. The maximum atomic E-state index is 2.57. The number of rotatable bonds is 1. The summed E-state index contributed by atoms with van der Waals surface area (Å²) in [5, 5.41) is 0. The molecule has 1 saturated heterocycles. The second kappa shape index (κ2) is 4.36. The van der Waals surface area contributed by atoms with Gasteiger partial charge in [-0.15, -0.1) is 0 Å². The topological polar surface area (TPSA) is 3.24 Å². The van der Waals surface area contributed by atoms with Crippen LogP contribution in [0.4, 0.5) is 5.69 Å². The molecule has 0 N–H and O–H groups in total. The van der Waals surface area contributed by atoms with Crippen LogP contribution in [0.15, 0.2) is 24.3 Å². The van der Waals surface area contributed by atoms with Gasteiger partial charge >= 0.3 is 0 Å². The Morgan fingerprint density at radius 1 is 0.882 bits per heavy atom. The van der Waals surface area contributed by atoms with Gasteiger partial charge in [0.25, 0.3) is 0 Å². The minimum absolute atomic E-state index is 0.737. The minimum atomic E-state index is 0.737. The maximum Gasteiger partial charge on any atom is 0.0366 e. The lowest BCUT2D eigenvalue weighted by Gasteiger charge is -2.40. The molecule has 0 amide bonds. The van der Waals surface area contributed by atoms with Gasteiger partial charge < -0.3 is 4.90 Å². The molecule has 1 aliphatic heterocycles. The Hall–Kier alpha value is -0.980. The molecule has 1 spiro atoms. The summed E-state index contributed by atoms with van der Waals surface area (Å²) in [6.07, 6.45) is 8.78. The number of aryl methyl sites for hydroxylation is 1. The van der Waals surface area contributed by atoms with Crippen LogP contribution < -0.4 is 4.90 Å². The normalized spacial score (nSPS) is 23.2. The quantitative estimate of drug-likeness (QED) is 0.699. The Bertz CT molecular complexity index is 363. The fourth-order valence-corrected chi connectivity index (χ4v) is 3.62. The van der Waals surface area contributed by atoms with Crippen molar-refractivity contribution < 1.29 is 0 Å². The zero-order chi connectivity index (χ0) is 11.7. The van der Waals surface area contributed by atoms with Crippen molar-refractivity contribution in [1.82, 2.24) is 0 Å². The lowest BCUT2D eigenvalue weighted by Crippen LogP contribution is -2.38. The van der Waals surface area contributed by atoms with Gasteiger partial charge in [-0.1, -0.05) is 30.5 Å². The highest BCUT2D eigenvalue weighted by molar-refractivity contribution is 5.47. The van der Waals surface area contributed by atoms with Gasteiger partial charge in [0.05, 0.1) is 0 Å². The van der Waals surface area contributed by atoms with Crippen LogP contribution in [-0.4, -0.2) is 13.1 Å². The van der Waals surface area contributed by atoms with E-state index in [1.807, 2.05) is 0 Å². The standard InChI is InChI=1S/C16H23N/c1-14-4-6-15(7-5-14)17-12-10-16(11-13-17)8-2-3-9-16/h4-7H,2-3,8-13H2,1H3. The fourth-order valence-electron chi connectivity index (χ4n) is 3.62. The molecule has 1 heteroatoms. The average molecular weight is 229 g/mol. The highest BCUT2D eigenvalue weighted by atomic mass is 15.1. The number of piperidine rings is 1. The Morgan fingerprint density at radius 2 is 1.47 bits per heavy atom. The molecule has 3 rings (SSSR count). The second-order valence-electron chi connectivity index (χ2n) is 6.03. The average Bonchev–Trinajstić information content (AvgIpc) is 2.80. The van der Waals surface area contributed by atoms with E-state index in [4.69, 9.17) is 0 Å². The predicted octanol–water partition coefficient (Wildman–Crippen LogP) is 4.16. The van der Waals surface area contributed by atoms with E-state index < -0.39 is 0 Å². The largest absolute Gasteiger partial charge is 0.371 e. The first-order valence-electron chi connectivity index (χ1n) is 7.09. The van der Waals surface area contributed by atoms with E-state index in [1.165, 1.54) is 62.9 Å². The van der Waals surface area contributed by atoms with Crippen molar-refractivity contribution in [3.05, 3.63) is 29.8 Å². The monoisotopic (exact) mass is 229 g/mol. The van der Waals surface area contributed by atoms with Crippen molar-refractivity contribution in [2.45, 2.75) is 45.4 Å². The van der Waals surface area contributed by atoms with Crippen molar-refractivity contribution in [2.75, 3.05) is 18.0 Å². The van der Waals surface area contributed by atoms with Gasteiger partial charge in [-0.05, 0) is 50.2 Å². The molecule has 17 heavy (non-hydrogen) atoms. The molecule has 2 aliphatic rings. The van der Waals surface area contributed by atoms with Gasteiger partial charge in [0.1, 0.15) is 0 Å². The molecule has 1 aromatic rings. The number of hydrogen-bond donors (Lipinski definition) is 0. The van der Waals surface area contributed by atoms with Crippen LogP contribution >= 0.6 is 0 Å². The Balaban J connectivity index is 1.66. The number of nitrogens with zero attached hydrogens (tertiary/aromatic N) is 1. The lowest BCUT2D eigenvalue weighted by atomic mass is 9.77. The summed E-state index contributed by atoms with van der Waals surface area (Å²) in [6.45, 7) is 4.69. The molecule has 1 aliphatic carbocycles. The molecule has 92 valence electrons. The molecule has 0 bridgehead atoms. The summed E-state index contributed by atoms with van der Waals surface area (Å²) in [5.41, 5.74) is 3.52. The first-order chi connectivity index (χ1) is 8.27. The third-order valence-electron chi connectivity index (χ3n) is 4.89. The number of anilines is 1. The van der Waals surface area contributed by atoms with Gasteiger partial charge in [-0.25, -0.2) is 0 Å². The zero-order valence-corrected chi connectivity index (χ0v) is 10.9. The molecule has 1 saturated carbocycles. The summed E-state index contributed by atoms with van der Waals surface area (Å²) in [7, 11) is 0. The van der Waals surface area contributed by atoms with Gasteiger partial charge in [0, 0.05) is 18.8 Å². The Labute approximate surface area is 105 Å². The number of benzene rings is 1. The first-order valence-corrected chi connectivity index (χ1v) is 7.09. The molecule has 0 unspecified atom stereocenters. The molecule has 0 radical (unpaired) electrons. The molecule has 2 fully saturated rings. The smallest absolute Gasteiger partial charge is 0.0366 e. The van der Waals surface area contributed by atoms with Crippen molar-refractivity contribution in [2.24, 2.45) is 5.41 Å². The highest BCUT2D eigenvalue weighted by Crippen LogP contribution is 2.46. The van der Waals surface area contributed by atoms with E-state index in [9.17, 15) is 0 Å². The van der Waals surface area contributed by atoms with Gasteiger partial charge in [-0.2, -0.15) is 0 Å². The summed E-state index contributed by atoms with van der Waals surface area (Å²) >= 11 is 0. The van der Waals surface area contributed by atoms with Crippen LogP contribution in [-0.2, 0) is 0 Å². The molecular weight excluding hydrogens is 206 g/mol.